The summed E-state index contributed by atoms with van der Waals surface area (Å²) in [5.41, 5.74) is 0. The van der Waals surface area contributed by atoms with E-state index in [4.69, 9.17) is 6.42 Å². The summed E-state index contributed by atoms with van der Waals surface area (Å²) in [5, 5.41) is 0. The molecule has 0 bridgehead atoms. The van der Waals surface area contributed by atoms with Crippen molar-refractivity contribution >= 4 is 5.82 Å². The Morgan fingerprint density at radius 2 is 2.24 bits per heavy atom. The van der Waals surface area contributed by atoms with E-state index in [1.54, 1.807) is 12.4 Å². The lowest BCUT2D eigenvalue weighted by molar-refractivity contribution is 0.202. The van der Waals surface area contributed by atoms with E-state index in [0.29, 0.717) is 12.1 Å². The number of aromatic nitrogens is 2. The fraction of sp³-hybridized carbons (Fsp3) is 0.538. The monoisotopic (exact) mass is 228 g/mol. The fourth-order valence-corrected chi connectivity index (χ4v) is 2.89. The quantitative estimate of drug-likeness (QED) is 0.664. The minimum absolute atomic E-state index is 0.351. The molecule has 2 aliphatic heterocycles. The van der Waals surface area contributed by atoms with E-state index in [9.17, 15) is 0 Å². The van der Waals surface area contributed by atoms with Crippen molar-refractivity contribution in [1.82, 2.24) is 14.9 Å². The van der Waals surface area contributed by atoms with Gasteiger partial charge in [-0.25, -0.2) is 4.98 Å². The molecule has 0 aromatic carbocycles. The van der Waals surface area contributed by atoms with E-state index in [-0.39, 0.29) is 0 Å². The van der Waals surface area contributed by atoms with E-state index < -0.39 is 0 Å². The molecule has 88 valence electrons. The summed E-state index contributed by atoms with van der Waals surface area (Å²) in [6.07, 6.45) is 13.2. The van der Waals surface area contributed by atoms with Gasteiger partial charge in [0.1, 0.15) is 5.82 Å². The van der Waals surface area contributed by atoms with Crippen molar-refractivity contribution in [2.24, 2.45) is 0 Å². The molecule has 2 fully saturated rings. The average Bonchev–Trinajstić information content (AvgIpc) is 2.81. The van der Waals surface area contributed by atoms with Crippen molar-refractivity contribution in [3.05, 3.63) is 18.6 Å². The van der Waals surface area contributed by atoms with Gasteiger partial charge in [-0.15, -0.1) is 6.42 Å². The second-order valence-electron chi connectivity index (χ2n) is 4.66. The minimum atomic E-state index is 0.351. The number of anilines is 1. The fourth-order valence-electron chi connectivity index (χ4n) is 2.89. The maximum atomic E-state index is 5.56. The van der Waals surface area contributed by atoms with Crippen LogP contribution in [0.1, 0.15) is 12.8 Å². The number of piperazine rings is 1. The molecule has 3 heterocycles. The number of hydrogen-bond donors (Lipinski definition) is 0. The summed E-state index contributed by atoms with van der Waals surface area (Å²) in [4.78, 5) is 13.3. The predicted molar refractivity (Wildman–Crippen MR) is 66.6 cm³/mol. The lowest BCUT2D eigenvalue weighted by atomic mass is 10.1. The van der Waals surface area contributed by atoms with Crippen molar-refractivity contribution in [2.75, 3.05) is 24.5 Å². The Morgan fingerprint density at radius 3 is 3.00 bits per heavy atom. The smallest absolute Gasteiger partial charge is 0.147 e. The number of nitrogens with zero attached hydrogens (tertiary/aromatic N) is 4. The summed E-state index contributed by atoms with van der Waals surface area (Å²) in [7, 11) is 0. The lowest BCUT2D eigenvalue weighted by Crippen LogP contribution is -2.52. The van der Waals surface area contributed by atoms with Crippen LogP contribution in [0.25, 0.3) is 0 Å². The van der Waals surface area contributed by atoms with E-state index in [2.05, 4.69) is 25.7 Å². The van der Waals surface area contributed by atoms with Gasteiger partial charge in [-0.3, -0.25) is 9.88 Å². The third kappa shape index (κ3) is 1.87. The molecular formula is C13H16N4. The van der Waals surface area contributed by atoms with E-state index in [1.807, 2.05) is 6.20 Å². The number of hydrogen-bond acceptors (Lipinski definition) is 4. The van der Waals surface area contributed by atoms with Crippen LogP contribution in [0, 0.1) is 12.3 Å². The maximum absolute atomic E-state index is 5.56. The summed E-state index contributed by atoms with van der Waals surface area (Å²) in [5.74, 6) is 3.88. The zero-order valence-electron chi connectivity index (χ0n) is 9.79. The topological polar surface area (TPSA) is 32.3 Å². The molecule has 0 radical (unpaired) electrons. The minimum Gasteiger partial charge on any atom is -0.352 e. The summed E-state index contributed by atoms with van der Waals surface area (Å²) >= 11 is 0. The Kier molecular flexibility index (Phi) is 2.69. The van der Waals surface area contributed by atoms with Gasteiger partial charge in [-0.1, -0.05) is 5.92 Å². The molecule has 0 saturated carbocycles. The number of rotatable bonds is 1. The number of fused-ring (bicyclic) bond motifs is 1. The van der Waals surface area contributed by atoms with Crippen molar-refractivity contribution < 1.29 is 0 Å². The SMILES string of the molecule is C#CC1CCC2CN(c3cnccn3)CCN12. The highest BCUT2D eigenvalue weighted by atomic mass is 15.3. The van der Waals surface area contributed by atoms with Gasteiger partial charge in [0.25, 0.3) is 0 Å². The molecule has 2 atom stereocenters. The van der Waals surface area contributed by atoms with Crippen LogP contribution >= 0.6 is 0 Å². The van der Waals surface area contributed by atoms with E-state index >= 15 is 0 Å². The van der Waals surface area contributed by atoms with E-state index in [0.717, 1.165) is 31.9 Å². The van der Waals surface area contributed by atoms with Crippen LogP contribution in [0.3, 0.4) is 0 Å². The molecule has 2 aliphatic rings. The molecule has 1 aromatic heterocycles. The first kappa shape index (κ1) is 10.5. The van der Waals surface area contributed by atoms with Gasteiger partial charge in [0.2, 0.25) is 0 Å². The normalized spacial score (nSPS) is 28.8. The molecule has 0 amide bonds. The average molecular weight is 228 g/mol. The molecule has 0 aliphatic carbocycles. The van der Waals surface area contributed by atoms with Gasteiger partial charge in [-0.2, -0.15) is 0 Å². The highest BCUT2D eigenvalue weighted by Gasteiger charge is 2.36. The third-order valence-corrected chi connectivity index (χ3v) is 3.77. The molecule has 1 aromatic rings. The first-order chi connectivity index (χ1) is 8.38. The van der Waals surface area contributed by atoms with Crippen molar-refractivity contribution in [3.8, 4) is 12.3 Å². The highest BCUT2D eigenvalue weighted by molar-refractivity contribution is 5.36. The molecule has 17 heavy (non-hydrogen) atoms. The Balaban J connectivity index is 1.73. The van der Waals surface area contributed by atoms with Gasteiger partial charge in [-0.05, 0) is 12.8 Å². The number of terminal acetylenes is 1. The molecule has 2 unspecified atom stereocenters. The molecule has 4 heteroatoms. The van der Waals surface area contributed by atoms with Crippen LogP contribution < -0.4 is 4.90 Å². The van der Waals surface area contributed by atoms with Crippen molar-refractivity contribution in [1.29, 1.82) is 0 Å². The Bertz CT molecular complexity index is 425. The molecule has 0 spiro atoms. The zero-order valence-corrected chi connectivity index (χ0v) is 9.79. The maximum Gasteiger partial charge on any atom is 0.147 e. The molecule has 0 N–H and O–H groups in total. The van der Waals surface area contributed by atoms with Gasteiger partial charge in [0, 0.05) is 38.1 Å². The summed E-state index contributed by atoms with van der Waals surface area (Å²) in [6, 6.07) is 0.941. The second kappa shape index (κ2) is 4.34. The van der Waals surface area contributed by atoms with Crippen LogP contribution in [0.2, 0.25) is 0 Å². The van der Waals surface area contributed by atoms with Gasteiger partial charge < -0.3 is 4.90 Å². The van der Waals surface area contributed by atoms with Crippen LogP contribution in [-0.2, 0) is 0 Å². The summed E-state index contributed by atoms with van der Waals surface area (Å²) in [6.45, 7) is 3.06. The zero-order chi connectivity index (χ0) is 11.7. The first-order valence-electron chi connectivity index (χ1n) is 6.11. The van der Waals surface area contributed by atoms with Gasteiger partial charge in [0.15, 0.2) is 0 Å². The Morgan fingerprint density at radius 1 is 1.29 bits per heavy atom. The van der Waals surface area contributed by atoms with Crippen molar-refractivity contribution in [3.63, 3.8) is 0 Å². The Labute approximate surface area is 102 Å². The molecule has 4 nitrogen and oxygen atoms in total. The molecular weight excluding hydrogens is 212 g/mol. The first-order valence-corrected chi connectivity index (χ1v) is 6.11. The van der Waals surface area contributed by atoms with Crippen LogP contribution in [0.15, 0.2) is 18.6 Å². The summed E-state index contributed by atoms with van der Waals surface area (Å²) < 4.78 is 0. The van der Waals surface area contributed by atoms with Crippen LogP contribution in [0.4, 0.5) is 5.82 Å². The molecule has 2 saturated heterocycles. The van der Waals surface area contributed by atoms with Gasteiger partial charge >= 0.3 is 0 Å². The lowest BCUT2D eigenvalue weighted by Gasteiger charge is -2.39. The predicted octanol–water partition coefficient (Wildman–Crippen LogP) is 0.763. The third-order valence-electron chi connectivity index (χ3n) is 3.77. The molecule has 3 rings (SSSR count). The largest absolute Gasteiger partial charge is 0.352 e. The van der Waals surface area contributed by atoms with Crippen LogP contribution in [0.5, 0.6) is 0 Å². The van der Waals surface area contributed by atoms with Gasteiger partial charge in [0.05, 0.1) is 12.2 Å². The highest BCUT2D eigenvalue weighted by Crippen LogP contribution is 2.28. The van der Waals surface area contributed by atoms with Crippen LogP contribution in [-0.4, -0.2) is 46.6 Å². The van der Waals surface area contributed by atoms with E-state index in [1.165, 1.54) is 6.42 Å². The standard InChI is InChI=1S/C13H16N4/c1-2-11-3-4-12-10-16(7-8-17(11)12)13-9-14-5-6-15-13/h1,5-6,9,11-12H,3-4,7-8,10H2. The second-order valence-corrected chi connectivity index (χ2v) is 4.66. The van der Waals surface area contributed by atoms with Crippen molar-refractivity contribution in [2.45, 2.75) is 24.9 Å². The Hall–Kier alpha value is -1.60.